The number of aliphatic hydroxyl groups excluding tert-OH is 2. The number of benzene rings is 3. The lowest BCUT2D eigenvalue weighted by Crippen LogP contribution is -2.39. The summed E-state index contributed by atoms with van der Waals surface area (Å²) < 4.78 is 10.4. The van der Waals surface area contributed by atoms with Gasteiger partial charge in [-0.3, -0.25) is 4.90 Å². The number of rotatable bonds is 14. The molecule has 0 saturated heterocycles. The number of hydrogen-bond donors (Lipinski definition) is 2. The summed E-state index contributed by atoms with van der Waals surface area (Å²) in [7, 11) is 0. The van der Waals surface area contributed by atoms with Gasteiger partial charge in [0.2, 0.25) is 0 Å². The average molecular weight is 528 g/mol. The van der Waals surface area contributed by atoms with E-state index >= 15 is 0 Å². The van der Waals surface area contributed by atoms with Crippen molar-refractivity contribution in [3.8, 4) is 5.75 Å². The SMILES string of the molecule is CCOC(=O)COc1ccc(CC[C@@H](C)N(C[C@H](O)c2ccccc2)C[C@H](O)c2ccccc2)cc1.Cl. The van der Waals surface area contributed by atoms with Crippen molar-refractivity contribution in [3.63, 3.8) is 0 Å². The summed E-state index contributed by atoms with van der Waals surface area (Å²) in [6.07, 6.45) is 0.394. The zero-order valence-electron chi connectivity index (χ0n) is 21.5. The number of aliphatic hydroxyl groups is 2. The molecule has 6 nitrogen and oxygen atoms in total. The van der Waals surface area contributed by atoms with Crippen molar-refractivity contribution in [2.75, 3.05) is 26.3 Å². The second-order valence-electron chi connectivity index (χ2n) is 8.93. The number of halogens is 1. The number of carbonyl (C=O) groups is 1. The molecule has 3 aromatic carbocycles. The third-order valence-corrected chi connectivity index (χ3v) is 6.24. The number of nitrogens with zero attached hydrogens (tertiary/aromatic N) is 1. The third kappa shape index (κ3) is 10.2. The fraction of sp³-hybridized carbons (Fsp3) is 0.367. The maximum absolute atomic E-state index is 11.5. The van der Waals surface area contributed by atoms with E-state index in [0.29, 0.717) is 25.4 Å². The van der Waals surface area contributed by atoms with Crippen LogP contribution in [0.3, 0.4) is 0 Å². The first kappa shape index (κ1) is 30.3. The maximum atomic E-state index is 11.5. The molecule has 0 bridgehead atoms. The largest absolute Gasteiger partial charge is 0.482 e. The van der Waals surface area contributed by atoms with E-state index in [2.05, 4.69) is 11.8 Å². The highest BCUT2D eigenvalue weighted by Gasteiger charge is 2.22. The zero-order chi connectivity index (χ0) is 25.8. The first-order valence-corrected chi connectivity index (χ1v) is 12.5. The third-order valence-electron chi connectivity index (χ3n) is 6.24. The minimum Gasteiger partial charge on any atom is -0.482 e. The quantitative estimate of drug-likeness (QED) is 0.283. The molecule has 0 aliphatic rings. The van der Waals surface area contributed by atoms with Crippen LogP contribution in [-0.2, 0) is 16.0 Å². The highest BCUT2D eigenvalue weighted by molar-refractivity contribution is 5.85. The van der Waals surface area contributed by atoms with Crippen molar-refractivity contribution in [3.05, 3.63) is 102 Å². The molecule has 7 heteroatoms. The van der Waals surface area contributed by atoms with Crippen molar-refractivity contribution in [1.82, 2.24) is 4.90 Å². The van der Waals surface area contributed by atoms with Gasteiger partial charge in [0, 0.05) is 19.1 Å². The molecular weight excluding hydrogens is 490 g/mol. The first-order chi connectivity index (χ1) is 17.5. The average Bonchev–Trinajstić information content (AvgIpc) is 2.91. The van der Waals surface area contributed by atoms with E-state index in [4.69, 9.17) is 9.47 Å². The van der Waals surface area contributed by atoms with Gasteiger partial charge in [-0.2, -0.15) is 0 Å². The number of aryl methyl sites for hydroxylation is 1. The van der Waals surface area contributed by atoms with Gasteiger partial charge in [-0.25, -0.2) is 4.79 Å². The highest BCUT2D eigenvalue weighted by Crippen LogP contribution is 2.22. The fourth-order valence-corrected chi connectivity index (χ4v) is 4.10. The van der Waals surface area contributed by atoms with E-state index in [-0.39, 0.29) is 31.0 Å². The maximum Gasteiger partial charge on any atom is 0.344 e. The minimum absolute atomic E-state index is 0. The van der Waals surface area contributed by atoms with E-state index in [0.717, 1.165) is 29.5 Å². The summed E-state index contributed by atoms with van der Waals surface area (Å²) in [5.41, 5.74) is 2.88. The standard InChI is InChI=1S/C30H37NO5.ClH/c1-3-35-30(34)22-36-27-18-16-24(17-19-27)15-14-23(2)31(20-28(32)25-10-6-4-7-11-25)21-29(33)26-12-8-5-9-13-26;/h4-13,16-19,23,28-29,32-33H,3,14-15,20-22H2,1-2H3;1H/t23-,28+,29+;/m1./s1. The van der Waals surface area contributed by atoms with Crippen molar-refractivity contribution >= 4 is 18.4 Å². The molecule has 3 atom stereocenters. The lowest BCUT2D eigenvalue weighted by molar-refractivity contribution is -0.145. The van der Waals surface area contributed by atoms with E-state index in [1.807, 2.05) is 84.9 Å². The Hall–Kier alpha value is -2.90. The smallest absolute Gasteiger partial charge is 0.344 e. The Morgan fingerprint density at radius 2 is 1.35 bits per heavy atom. The number of carbonyl (C=O) groups excluding carboxylic acids is 1. The Balaban J connectivity index is 0.00000481. The van der Waals surface area contributed by atoms with Crippen molar-refractivity contribution < 1.29 is 24.5 Å². The Bertz CT molecular complexity index is 985. The zero-order valence-corrected chi connectivity index (χ0v) is 22.3. The molecule has 0 radical (unpaired) electrons. The van der Waals surface area contributed by atoms with E-state index in [1.54, 1.807) is 6.92 Å². The first-order valence-electron chi connectivity index (χ1n) is 12.5. The summed E-state index contributed by atoms with van der Waals surface area (Å²) in [6.45, 7) is 4.98. The topological polar surface area (TPSA) is 79.2 Å². The second kappa shape index (κ2) is 16.0. The van der Waals surface area contributed by atoms with Crippen LogP contribution in [0, 0.1) is 0 Å². The molecule has 0 saturated carbocycles. The molecule has 3 aromatic rings. The fourth-order valence-electron chi connectivity index (χ4n) is 4.10. The monoisotopic (exact) mass is 527 g/mol. The summed E-state index contributed by atoms with van der Waals surface area (Å²) >= 11 is 0. The highest BCUT2D eigenvalue weighted by atomic mass is 35.5. The van der Waals surface area contributed by atoms with Gasteiger partial charge in [0.25, 0.3) is 0 Å². The Morgan fingerprint density at radius 1 is 0.838 bits per heavy atom. The van der Waals surface area contributed by atoms with Crippen LogP contribution in [0.2, 0.25) is 0 Å². The van der Waals surface area contributed by atoms with Gasteiger partial charge in [-0.15, -0.1) is 12.4 Å². The molecule has 3 rings (SSSR count). The molecule has 0 aliphatic carbocycles. The molecule has 0 aliphatic heterocycles. The molecule has 0 aromatic heterocycles. The van der Waals surface area contributed by atoms with Gasteiger partial charge in [0.1, 0.15) is 5.75 Å². The van der Waals surface area contributed by atoms with Gasteiger partial charge >= 0.3 is 5.97 Å². The molecule has 200 valence electrons. The molecule has 0 unspecified atom stereocenters. The minimum atomic E-state index is -0.646. The molecule has 2 N–H and O–H groups in total. The van der Waals surface area contributed by atoms with Crippen molar-refractivity contribution in [2.24, 2.45) is 0 Å². The van der Waals surface area contributed by atoms with Crippen LogP contribution < -0.4 is 4.74 Å². The Labute approximate surface area is 226 Å². The predicted molar refractivity (Wildman–Crippen MR) is 148 cm³/mol. The van der Waals surface area contributed by atoms with Gasteiger partial charge in [0.15, 0.2) is 6.61 Å². The van der Waals surface area contributed by atoms with Gasteiger partial charge in [-0.1, -0.05) is 72.8 Å². The van der Waals surface area contributed by atoms with E-state index in [1.165, 1.54) is 0 Å². The van der Waals surface area contributed by atoms with Crippen LogP contribution in [-0.4, -0.2) is 53.4 Å². The van der Waals surface area contributed by atoms with Crippen LogP contribution in [0.1, 0.15) is 49.2 Å². The van der Waals surface area contributed by atoms with Crippen molar-refractivity contribution in [2.45, 2.75) is 44.9 Å². The van der Waals surface area contributed by atoms with Gasteiger partial charge in [-0.05, 0) is 55.5 Å². The van der Waals surface area contributed by atoms with Crippen molar-refractivity contribution in [1.29, 1.82) is 0 Å². The van der Waals surface area contributed by atoms with E-state index < -0.39 is 12.2 Å². The second-order valence-corrected chi connectivity index (χ2v) is 8.93. The van der Waals surface area contributed by atoms with Crippen LogP contribution in [0.4, 0.5) is 0 Å². The molecule has 0 heterocycles. The summed E-state index contributed by atoms with van der Waals surface area (Å²) in [5, 5.41) is 21.8. The molecule has 37 heavy (non-hydrogen) atoms. The van der Waals surface area contributed by atoms with E-state index in [9.17, 15) is 15.0 Å². The normalized spacial score (nSPS) is 13.3. The predicted octanol–water partition coefficient (Wildman–Crippen LogP) is 5.14. The molecule has 0 fully saturated rings. The van der Waals surface area contributed by atoms with Crippen LogP contribution in [0.15, 0.2) is 84.9 Å². The number of esters is 1. The van der Waals surface area contributed by atoms with Gasteiger partial charge in [0.05, 0.1) is 18.8 Å². The Kier molecular flexibility index (Phi) is 13.2. The summed E-state index contributed by atoms with van der Waals surface area (Å²) in [6, 6.07) is 27.1. The lowest BCUT2D eigenvalue weighted by atomic mass is 10.0. The van der Waals surface area contributed by atoms with Crippen LogP contribution in [0.5, 0.6) is 5.75 Å². The molecular formula is C30H38ClNO5. The number of ether oxygens (including phenoxy) is 2. The summed E-state index contributed by atoms with van der Waals surface area (Å²) in [5.74, 6) is 0.240. The summed E-state index contributed by atoms with van der Waals surface area (Å²) in [4.78, 5) is 13.6. The van der Waals surface area contributed by atoms with Crippen LogP contribution >= 0.6 is 12.4 Å². The van der Waals surface area contributed by atoms with Crippen LogP contribution in [0.25, 0.3) is 0 Å². The van der Waals surface area contributed by atoms with Gasteiger partial charge < -0.3 is 19.7 Å². The molecule has 0 spiro atoms. The molecule has 0 amide bonds. The Morgan fingerprint density at radius 3 is 1.84 bits per heavy atom. The number of hydrogen-bond acceptors (Lipinski definition) is 6. The lowest BCUT2D eigenvalue weighted by Gasteiger charge is -2.33.